The Morgan fingerprint density at radius 1 is 0.679 bits per heavy atom. The Morgan fingerprint density at radius 3 is 1.54 bits per heavy atom. The number of nitrogen functional groups attached to an aromatic ring is 2. The fourth-order valence-corrected chi connectivity index (χ4v) is 5.14. The average Bonchev–Trinajstić information content (AvgIpc) is 3.34. The molecule has 0 unspecified atom stereocenters. The maximum atomic E-state index is 13.4. The number of rotatable bonds is 4. The summed E-state index contributed by atoms with van der Waals surface area (Å²) in [7, 11) is 0. The minimum absolute atomic E-state index is 0.0752. The molecule has 4 N–H and O–H groups in total. The van der Waals surface area contributed by atoms with Crippen molar-refractivity contribution in [3.63, 3.8) is 0 Å². The van der Waals surface area contributed by atoms with Crippen LogP contribution in [0, 0.1) is 0 Å². The fraction of sp³-hybridized carbons (Fsp3) is 0. The molecular formula is C21H14Cl2N2OS2. The third-order valence-corrected chi connectivity index (χ3v) is 6.65. The van der Waals surface area contributed by atoms with E-state index in [2.05, 4.69) is 0 Å². The van der Waals surface area contributed by atoms with Gasteiger partial charge in [0, 0.05) is 43.7 Å². The first-order chi connectivity index (χ1) is 13.5. The van der Waals surface area contributed by atoms with Crippen LogP contribution in [-0.2, 0) is 0 Å². The minimum Gasteiger partial charge on any atom is -0.398 e. The van der Waals surface area contributed by atoms with Crippen LogP contribution < -0.4 is 11.5 Å². The topological polar surface area (TPSA) is 69.1 Å². The predicted octanol–water partition coefficient (Wildman–Crippen LogP) is 6.85. The molecule has 2 aromatic heterocycles. The van der Waals surface area contributed by atoms with Crippen molar-refractivity contribution in [2.75, 3.05) is 11.5 Å². The highest BCUT2D eigenvalue weighted by Gasteiger charge is 2.23. The summed E-state index contributed by atoms with van der Waals surface area (Å²) in [5.74, 6) is -0.0752. The molecule has 2 aromatic carbocycles. The molecule has 3 nitrogen and oxygen atoms in total. The molecule has 0 spiro atoms. The van der Waals surface area contributed by atoms with Crippen molar-refractivity contribution in [1.82, 2.24) is 0 Å². The molecule has 28 heavy (non-hydrogen) atoms. The number of carbonyl (C=O) groups excluding carboxylic acids is 1. The smallest absolute Gasteiger partial charge is 0.214 e. The van der Waals surface area contributed by atoms with Crippen LogP contribution in [0.4, 0.5) is 11.4 Å². The van der Waals surface area contributed by atoms with Gasteiger partial charge in [0.05, 0.1) is 9.75 Å². The molecule has 0 atom stereocenters. The van der Waals surface area contributed by atoms with Gasteiger partial charge in [-0.3, -0.25) is 4.79 Å². The molecule has 0 aliphatic carbocycles. The van der Waals surface area contributed by atoms with Crippen molar-refractivity contribution in [3.8, 4) is 22.3 Å². The Balaban J connectivity index is 1.82. The second-order valence-electron chi connectivity index (χ2n) is 6.12. The van der Waals surface area contributed by atoms with Crippen LogP contribution in [0.3, 0.4) is 0 Å². The van der Waals surface area contributed by atoms with E-state index in [9.17, 15) is 4.79 Å². The monoisotopic (exact) mass is 444 g/mol. The van der Waals surface area contributed by atoms with Crippen molar-refractivity contribution < 1.29 is 4.79 Å². The van der Waals surface area contributed by atoms with E-state index in [0.717, 1.165) is 22.3 Å². The van der Waals surface area contributed by atoms with Crippen molar-refractivity contribution in [1.29, 1.82) is 0 Å². The number of benzene rings is 2. The maximum Gasteiger partial charge on any atom is 0.214 e. The Hall–Kier alpha value is -2.31. The molecule has 2 heterocycles. The maximum absolute atomic E-state index is 13.4. The molecule has 7 heteroatoms. The third-order valence-electron chi connectivity index (χ3n) is 4.35. The van der Waals surface area contributed by atoms with E-state index in [-0.39, 0.29) is 5.78 Å². The summed E-state index contributed by atoms with van der Waals surface area (Å²) < 4.78 is 0. The first kappa shape index (κ1) is 19.0. The van der Waals surface area contributed by atoms with Crippen LogP contribution in [0.5, 0.6) is 0 Å². The van der Waals surface area contributed by atoms with Crippen molar-refractivity contribution in [2.45, 2.75) is 0 Å². The molecule has 0 fully saturated rings. The molecule has 0 radical (unpaired) electrons. The van der Waals surface area contributed by atoms with Crippen LogP contribution in [0.25, 0.3) is 22.3 Å². The van der Waals surface area contributed by atoms with Crippen molar-refractivity contribution in [2.24, 2.45) is 0 Å². The van der Waals surface area contributed by atoms with Crippen LogP contribution in [0.15, 0.2) is 59.3 Å². The second-order valence-corrected chi connectivity index (χ2v) is 8.82. The lowest BCUT2D eigenvalue weighted by atomic mass is 9.99. The number of halogens is 2. The molecule has 0 amide bonds. The fourth-order valence-electron chi connectivity index (χ4n) is 3.02. The number of thiophene rings is 2. The molecule has 140 valence electrons. The van der Waals surface area contributed by atoms with Gasteiger partial charge in [-0.2, -0.15) is 0 Å². The summed E-state index contributed by atoms with van der Waals surface area (Å²) in [5.41, 5.74) is 16.4. The molecule has 0 saturated carbocycles. The van der Waals surface area contributed by atoms with Gasteiger partial charge in [0.1, 0.15) is 0 Å². The first-order valence-electron chi connectivity index (χ1n) is 8.26. The molecular weight excluding hydrogens is 431 g/mol. The largest absolute Gasteiger partial charge is 0.398 e. The van der Waals surface area contributed by atoms with Crippen LogP contribution in [0.1, 0.15) is 14.5 Å². The number of anilines is 2. The molecule has 0 bridgehead atoms. The van der Waals surface area contributed by atoms with Gasteiger partial charge >= 0.3 is 0 Å². The van der Waals surface area contributed by atoms with Gasteiger partial charge in [-0.1, -0.05) is 23.2 Å². The predicted molar refractivity (Wildman–Crippen MR) is 122 cm³/mol. The Bertz CT molecular complexity index is 1110. The van der Waals surface area contributed by atoms with E-state index in [1.54, 1.807) is 36.4 Å². The number of hydrogen-bond acceptors (Lipinski definition) is 5. The molecule has 4 aromatic rings. The number of carbonyl (C=O) groups is 1. The SMILES string of the molecule is Nc1ccc(Cl)cc1-c1ccsc1C(=O)c1sccc1-c1cc(Cl)ccc1N. The summed E-state index contributed by atoms with van der Waals surface area (Å²) in [6.45, 7) is 0. The quantitative estimate of drug-likeness (QED) is 0.267. The van der Waals surface area contributed by atoms with Gasteiger partial charge < -0.3 is 11.5 Å². The number of nitrogens with two attached hydrogens (primary N) is 2. The highest BCUT2D eigenvalue weighted by Crippen LogP contribution is 2.39. The highest BCUT2D eigenvalue weighted by molar-refractivity contribution is 7.16. The normalized spacial score (nSPS) is 10.9. The zero-order chi connectivity index (χ0) is 19.8. The summed E-state index contributed by atoms with van der Waals surface area (Å²) in [5, 5.41) is 4.89. The molecule has 4 rings (SSSR count). The Labute approximate surface area is 180 Å². The zero-order valence-corrected chi connectivity index (χ0v) is 17.6. The van der Waals surface area contributed by atoms with E-state index in [4.69, 9.17) is 34.7 Å². The van der Waals surface area contributed by atoms with Gasteiger partial charge in [0.15, 0.2) is 0 Å². The minimum atomic E-state index is -0.0752. The third kappa shape index (κ3) is 3.42. The number of hydrogen-bond donors (Lipinski definition) is 2. The summed E-state index contributed by atoms with van der Waals surface area (Å²) in [6.07, 6.45) is 0. The summed E-state index contributed by atoms with van der Waals surface area (Å²) in [4.78, 5) is 14.6. The van der Waals surface area contributed by atoms with Gasteiger partial charge in [-0.05, 0) is 59.3 Å². The summed E-state index contributed by atoms with van der Waals surface area (Å²) >= 11 is 15.0. The van der Waals surface area contributed by atoms with E-state index in [1.165, 1.54) is 22.7 Å². The standard InChI is InChI=1S/C21H14Cl2N2OS2/c22-11-1-3-17(24)15(9-11)13-5-7-27-20(13)19(26)21-14(6-8-28-21)16-10-12(23)2-4-18(16)25/h1-10H,24-25H2. The van der Waals surface area contributed by atoms with Crippen molar-refractivity contribution in [3.05, 3.63) is 79.1 Å². The first-order valence-corrected chi connectivity index (χ1v) is 10.8. The highest BCUT2D eigenvalue weighted by atomic mass is 35.5. The van der Waals surface area contributed by atoms with Gasteiger partial charge in [0.2, 0.25) is 5.78 Å². The van der Waals surface area contributed by atoms with Crippen LogP contribution >= 0.6 is 45.9 Å². The molecule has 0 aliphatic rings. The van der Waals surface area contributed by atoms with Crippen molar-refractivity contribution >= 4 is 63.0 Å². The van der Waals surface area contributed by atoms with Gasteiger partial charge in [-0.15, -0.1) is 22.7 Å². The molecule has 0 aliphatic heterocycles. The average molecular weight is 445 g/mol. The lowest BCUT2D eigenvalue weighted by molar-refractivity contribution is 0.104. The second kappa shape index (κ2) is 7.60. The lowest BCUT2D eigenvalue weighted by Gasteiger charge is -2.09. The van der Waals surface area contributed by atoms with E-state index < -0.39 is 0 Å². The van der Waals surface area contributed by atoms with E-state index in [1.807, 2.05) is 22.9 Å². The number of ketones is 1. The van der Waals surface area contributed by atoms with Crippen LogP contribution in [0.2, 0.25) is 10.0 Å². The Kier molecular flexibility index (Phi) is 5.17. The summed E-state index contributed by atoms with van der Waals surface area (Å²) in [6, 6.07) is 14.3. The van der Waals surface area contributed by atoms with E-state index >= 15 is 0 Å². The van der Waals surface area contributed by atoms with Gasteiger partial charge in [0.25, 0.3) is 0 Å². The zero-order valence-electron chi connectivity index (χ0n) is 14.4. The lowest BCUT2D eigenvalue weighted by Crippen LogP contribution is -2.01. The van der Waals surface area contributed by atoms with Gasteiger partial charge in [-0.25, -0.2) is 0 Å². The molecule has 0 saturated heterocycles. The Morgan fingerprint density at radius 2 is 1.11 bits per heavy atom. The van der Waals surface area contributed by atoms with E-state index in [0.29, 0.717) is 31.2 Å². The van der Waals surface area contributed by atoms with Crippen LogP contribution in [-0.4, -0.2) is 5.78 Å².